The van der Waals surface area contributed by atoms with Gasteiger partial charge in [0.15, 0.2) is 11.5 Å². The van der Waals surface area contributed by atoms with Gasteiger partial charge in [-0.05, 0) is 49.4 Å². The average molecular weight is 648 g/mol. The van der Waals surface area contributed by atoms with Crippen molar-refractivity contribution in [3.8, 4) is 11.5 Å². The number of anilines is 1. The third-order valence-corrected chi connectivity index (χ3v) is 9.86. The van der Waals surface area contributed by atoms with Gasteiger partial charge in [-0.15, -0.1) is 0 Å². The summed E-state index contributed by atoms with van der Waals surface area (Å²) in [7, 11) is -3.65. The van der Waals surface area contributed by atoms with Crippen LogP contribution >= 0.6 is 0 Å². The number of hydrogen-bond donors (Lipinski definition) is 1. The molecule has 46 heavy (non-hydrogen) atoms. The second-order valence-electron chi connectivity index (χ2n) is 12.3. The van der Waals surface area contributed by atoms with Crippen LogP contribution in [0, 0.1) is 6.92 Å². The number of amides is 2. The van der Waals surface area contributed by atoms with Crippen molar-refractivity contribution >= 4 is 27.5 Å². The maximum Gasteiger partial charge on any atom is 0.243 e. The fourth-order valence-electron chi connectivity index (χ4n) is 6.18. The van der Waals surface area contributed by atoms with E-state index in [2.05, 4.69) is 5.32 Å². The van der Waals surface area contributed by atoms with Crippen LogP contribution in [-0.4, -0.2) is 63.2 Å². The Bertz CT molecular complexity index is 1570. The van der Waals surface area contributed by atoms with Crippen molar-refractivity contribution < 1.29 is 27.5 Å². The molecule has 246 valence electrons. The van der Waals surface area contributed by atoms with E-state index in [9.17, 15) is 18.0 Å². The molecule has 0 unspecified atom stereocenters. The van der Waals surface area contributed by atoms with Crippen LogP contribution in [0.15, 0.2) is 72.8 Å². The van der Waals surface area contributed by atoms with Gasteiger partial charge in [0.1, 0.15) is 19.3 Å². The molecule has 0 radical (unpaired) electrons. The standard InChI is InChI=1S/C36H45N3O6S/c1-27-15-17-29(18-16-27)26-38(32(24-28-10-5-3-6-11-28)36(41)37-30-12-7-4-8-13-30)35(40)14-9-21-39(46(2,42)43)31-19-20-33-34(25-31)45-23-22-44-33/h3,5-6,10-11,15-20,25,30,32H,4,7-9,12-14,21-24,26H2,1-2H3,(H,37,41)/t32-/m1/s1. The van der Waals surface area contributed by atoms with E-state index >= 15 is 0 Å². The van der Waals surface area contributed by atoms with E-state index in [4.69, 9.17) is 9.47 Å². The highest BCUT2D eigenvalue weighted by Crippen LogP contribution is 2.35. The molecule has 0 bridgehead atoms. The molecule has 1 atom stereocenters. The molecule has 2 amide bonds. The molecule has 0 aromatic heterocycles. The lowest BCUT2D eigenvalue weighted by molar-refractivity contribution is -0.141. The van der Waals surface area contributed by atoms with Crippen LogP contribution in [0.5, 0.6) is 11.5 Å². The van der Waals surface area contributed by atoms with Gasteiger partial charge >= 0.3 is 0 Å². The number of fused-ring (bicyclic) bond motifs is 1. The van der Waals surface area contributed by atoms with Gasteiger partial charge in [-0.1, -0.05) is 79.4 Å². The minimum Gasteiger partial charge on any atom is -0.486 e. The van der Waals surface area contributed by atoms with Gasteiger partial charge < -0.3 is 19.7 Å². The third-order valence-electron chi connectivity index (χ3n) is 8.66. The summed E-state index contributed by atoms with van der Waals surface area (Å²) in [6.07, 6.45) is 7.10. The smallest absolute Gasteiger partial charge is 0.243 e. The van der Waals surface area contributed by atoms with Gasteiger partial charge in [-0.2, -0.15) is 0 Å². The highest BCUT2D eigenvalue weighted by molar-refractivity contribution is 7.92. The Morgan fingerprint density at radius 2 is 1.59 bits per heavy atom. The second kappa shape index (κ2) is 15.5. The van der Waals surface area contributed by atoms with Gasteiger partial charge in [0, 0.05) is 38.0 Å². The Labute approximate surface area is 272 Å². The molecule has 0 spiro atoms. The Morgan fingerprint density at radius 3 is 2.28 bits per heavy atom. The van der Waals surface area contributed by atoms with Crippen LogP contribution in [0.2, 0.25) is 0 Å². The number of benzene rings is 3. The zero-order chi connectivity index (χ0) is 32.5. The molecule has 0 saturated heterocycles. The number of sulfonamides is 1. The molecule has 5 rings (SSSR count). The van der Waals surface area contributed by atoms with Gasteiger partial charge in [-0.25, -0.2) is 8.42 Å². The van der Waals surface area contributed by atoms with E-state index in [-0.39, 0.29) is 43.8 Å². The molecule has 1 aliphatic heterocycles. The molecule has 3 aromatic carbocycles. The Morgan fingerprint density at radius 1 is 0.891 bits per heavy atom. The molecule has 1 saturated carbocycles. The molecule has 2 aliphatic rings. The van der Waals surface area contributed by atoms with Crippen LogP contribution in [0.3, 0.4) is 0 Å². The number of nitrogens with zero attached hydrogens (tertiary/aromatic N) is 2. The molecule has 10 heteroatoms. The van der Waals surface area contributed by atoms with Crippen molar-refractivity contribution in [3.05, 3.63) is 89.5 Å². The van der Waals surface area contributed by atoms with E-state index in [0.717, 1.165) is 48.6 Å². The second-order valence-corrected chi connectivity index (χ2v) is 14.2. The molecule has 1 N–H and O–H groups in total. The first-order chi connectivity index (χ1) is 22.2. The highest BCUT2D eigenvalue weighted by Gasteiger charge is 2.32. The molecule has 3 aromatic rings. The normalized spacial score (nSPS) is 15.5. The van der Waals surface area contributed by atoms with Gasteiger partial charge in [0.25, 0.3) is 0 Å². The highest BCUT2D eigenvalue weighted by atomic mass is 32.2. The molecule has 1 aliphatic carbocycles. The number of carbonyl (C=O) groups is 2. The minimum atomic E-state index is -3.65. The zero-order valence-corrected chi connectivity index (χ0v) is 27.6. The van der Waals surface area contributed by atoms with E-state index in [1.165, 1.54) is 10.7 Å². The Hall–Kier alpha value is -4.05. The van der Waals surface area contributed by atoms with Crippen LogP contribution in [0.1, 0.15) is 61.6 Å². The maximum atomic E-state index is 14.1. The van der Waals surface area contributed by atoms with E-state index in [1.54, 1.807) is 23.1 Å². The van der Waals surface area contributed by atoms with Crippen molar-refractivity contribution in [2.75, 3.05) is 30.3 Å². The first kappa shape index (κ1) is 33.3. The van der Waals surface area contributed by atoms with E-state index in [0.29, 0.717) is 36.8 Å². The van der Waals surface area contributed by atoms with Crippen molar-refractivity contribution in [2.24, 2.45) is 0 Å². The van der Waals surface area contributed by atoms with Crippen LogP contribution < -0.4 is 19.1 Å². The fourth-order valence-corrected chi connectivity index (χ4v) is 7.14. The van der Waals surface area contributed by atoms with Crippen LogP contribution in [-0.2, 0) is 32.6 Å². The molecule has 1 fully saturated rings. The van der Waals surface area contributed by atoms with Gasteiger partial charge in [-0.3, -0.25) is 13.9 Å². The van der Waals surface area contributed by atoms with Crippen LogP contribution in [0.25, 0.3) is 0 Å². The number of nitrogens with one attached hydrogen (secondary N) is 1. The Balaban J connectivity index is 1.37. The first-order valence-corrected chi connectivity index (χ1v) is 18.1. The third kappa shape index (κ3) is 9.02. The summed E-state index contributed by atoms with van der Waals surface area (Å²) in [6.45, 7) is 3.21. The number of carbonyl (C=O) groups excluding carboxylic acids is 2. The lowest BCUT2D eigenvalue weighted by Crippen LogP contribution is -2.52. The molecule has 1 heterocycles. The summed E-state index contributed by atoms with van der Waals surface area (Å²) in [5.74, 6) is 0.716. The zero-order valence-electron chi connectivity index (χ0n) is 26.8. The minimum absolute atomic E-state index is 0.0738. The molecular weight excluding hydrogens is 602 g/mol. The molecule has 9 nitrogen and oxygen atoms in total. The maximum absolute atomic E-state index is 14.1. The van der Waals surface area contributed by atoms with Crippen molar-refractivity contribution in [2.45, 2.75) is 76.9 Å². The summed E-state index contributed by atoms with van der Waals surface area (Å²) in [6, 6.07) is 22.2. The summed E-state index contributed by atoms with van der Waals surface area (Å²) < 4.78 is 38.3. The van der Waals surface area contributed by atoms with Crippen molar-refractivity contribution in [3.63, 3.8) is 0 Å². The fraction of sp³-hybridized carbons (Fsp3) is 0.444. The van der Waals surface area contributed by atoms with E-state index < -0.39 is 16.1 Å². The van der Waals surface area contributed by atoms with Crippen LogP contribution in [0.4, 0.5) is 5.69 Å². The summed E-state index contributed by atoms with van der Waals surface area (Å²) in [4.78, 5) is 29.8. The predicted molar refractivity (Wildman–Crippen MR) is 180 cm³/mol. The summed E-state index contributed by atoms with van der Waals surface area (Å²) in [5, 5.41) is 3.27. The van der Waals surface area contributed by atoms with Gasteiger partial charge in [0.05, 0.1) is 11.9 Å². The lowest BCUT2D eigenvalue weighted by Gasteiger charge is -2.34. The summed E-state index contributed by atoms with van der Waals surface area (Å²) >= 11 is 0. The monoisotopic (exact) mass is 647 g/mol. The lowest BCUT2D eigenvalue weighted by atomic mass is 9.94. The first-order valence-electron chi connectivity index (χ1n) is 16.2. The van der Waals surface area contributed by atoms with Gasteiger partial charge in [0.2, 0.25) is 21.8 Å². The number of rotatable bonds is 13. The largest absolute Gasteiger partial charge is 0.486 e. The average Bonchev–Trinajstić information content (AvgIpc) is 3.05. The molecular formula is C36H45N3O6S. The van der Waals surface area contributed by atoms with Crippen molar-refractivity contribution in [1.29, 1.82) is 0 Å². The number of hydrogen-bond acceptors (Lipinski definition) is 6. The van der Waals surface area contributed by atoms with Crippen molar-refractivity contribution in [1.82, 2.24) is 10.2 Å². The topological polar surface area (TPSA) is 105 Å². The number of ether oxygens (including phenoxy) is 2. The SMILES string of the molecule is Cc1ccc(CN(C(=O)CCCN(c2ccc3c(c2)OCCO3)S(C)(=O)=O)[C@H](Cc2ccccc2)C(=O)NC2CCCCC2)cc1. The van der Waals surface area contributed by atoms with E-state index in [1.807, 2.05) is 61.5 Å². The summed E-state index contributed by atoms with van der Waals surface area (Å²) in [5.41, 5.74) is 3.45. The predicted octanol–water partition coefficient (Wildman–Crippen LogP) is 5.40. The Kier molecular flexibility index (Phi) is 11.2. The number of aryl methyl sites for hydroxylation is 1. The quantitative estimate of drug-likeness (QED) is 0.266.